The molecule has 0 aliphatic heterocycles. The first-order chi connectivity index (χ1) is 41.0. The highest BCUT2D eigenvalue weighted by Gasteiger charge is 2.19. The normalized spacial score (nSPS) is 13.0. The number of ether oxygens (including phenoxy) is 3. The maximum absolute atomic E-state index is 12.9. The average molecular weight is 1150 g/mol. The maximum atomic E-state index is 12.9. The van der Waals surface area contributed by atoms with E-state index in [-0.39, 0.29) is 44.0 Å². The summed E-state index contributed by atoms with van der Waals surface area (Å²) in [7, 11) is 0. The Labute approximate surface area is 512 Å². The monoisotopic (exact) mass is 1150 g/mol. The van der Waals surface area contributed by atoms with Crippen LogP contribution in [0.4, 0.5) is 0 Å². The van der Waals surface area contributed by atoms with E-state index in [0.717, 1.165) is 128 Å². The second kappa shape index (κ2) is 69.8. The fourth-order valence-electron chi connectivity index (χ4n) is 9.24. The summed E-state index contributed by atoms with van der Waals surface area (Å²) < 4.78 is 16.9. The van der Waals surface area contributed by atoms with Crippen LogP contribution in [0.25, 0.3) is 0 Å². The van der Waals surface area contributed by atoms with Gasteiger partial charge in [-0.3, -0.25) is 14.4 Å². The molecule has 0 spiro atoms. The van der Waals surface area contributed by atoms with Gasteiger partial charge in [-0.05, 0) is 135 Å². The van der Waals surface area contributed by atoms with Gasteiger partial charge in [0.1, 0.15) is 13.2 Å². The van der Waals surface area contributed by atoms with Gasteiger partial charge >= 0.3 is 17.9 Å². The fourth-order valence-corrected chi connectivity index (χ4v) is 9.24. The van der Waals surface area contributed by atoms with Crippen LogP contribution in [-0.2, 0) is 28.6 Å². The largest absolute Gasteiger partial charge is 0.462 e. The summed E-state index contributed by atoms with van der Waals surface area (Å²) in [6.07, 6.45) is 100. The van der Waals surface area contributed by atoms with Gasteiger partial charge < -0.3 is 14.2 Å². The van der Waals surface area contributed by atoms with E-state index in [2.05, 4.69) is 167 Å². The molecule has 1 atom stereocenters. The standard InChI is InChI=1S/C77H126O6/c1-4-7-10-13-16-19-22-25-28-31-33-35-37-38-40-41-43-46-49-52-55-58-61-64-67-70-76(79)82-73-74(72-81-75(78)69-66-63-60-57-54-51-48-45-30-27-24-21-18-15-12-9-6-3)83-77(80)71-68-65-62-59-56-53-50-47-44-42-39-36-34-32-29-26-23-20-17-14-11-8-5-2/h8-9,11-12,17-18,20-21,26-27,29-31,33-34,36,42,44,48,50-51,53,57,60,74H,4-7,10,13-16,19,22-25,28,32,35,37-41,43,45-47,49,52,54-56,58-59,61-73H2,1-3H3/b11-8-,12-9-,20-17-,21-18-,29-26-,30-27-,33-31-,36-34-,44-42-,51-48-,53-50-,60-57-. The van der Waals surface area contributed by atoms with Crippen LogP contribution in [0.1, 0.15) is 303 Å². The molecule has 0 N–H and O–H groups in total. The van der Waals surface area contributed by atoms with Gasteiger partial charge in [-0.25, -0.2) is 0 Å². The summed E-state index contributed by atoms with van der Waals surface area (Å²) >= 11 is 0. The van der Waals surface area contributed by atoms with Gasteiger partial charge in [0.25, 0.3) is 0 Å². The van der Waals surface area contributed by atoms with Gasteiger partial charge in [0.15, 0.2) is 6.10 Å². The molecule has 1 unspecified atom stereocenters. The first-order valence-electron chi connectivity index (χ1n) is 34.3. The van der Waals surface area contributed by atoms with Crippen LogP contribution in [0.3, 0.4) is 0 Å². The third kappa shape index (κ3) is 68.0. The van der Waals surface area contributed by atoms with Crippen LogP contribution in [0.2, 0.25) is 0 Å². The Hall–Kier alpha value is -4.71. The molecule has 0 aromatic carbocycles. The zero-order valence-electron chi connectivity index (χ0n) is 53.9. The number of hydrogen-bond donors (Lipinski definition) is 0. The summed E-state index contributed by atoms with van der Waals surface area (Å²) in [6.45, 7) is 6.36. The topological polar surface area (TPSA) is 78.9 Å². The molecule has 0 heterocycles. The molecule has 0 fully saturated rings. The fraction of sp³-hybridized carbons (Fsp3) is 0.649. The molecule has 6 nitrogen and oxygen atoms in total. The summed E-state index contributed by atoms with van der Waals surface area (Å²) in [5, 5.41) is 0. The molecule has 0 saturated heterocycles. The lowest BCUT2D eigenvalue weighted by Gasteiger charge is -2.18. The Morgan fingerprint density at radius 2 is 0.482 bits per heavy atom. The van der Waals surface area contributed by atoms with Crippen LogP contribution in [0.15, 0.2) is 146 Å². The van der Waals surface area contributed by atoms with Crippen LogP contribution in [0, 0.1) is 0 Å². The first kappa shape index (κ1) is 78.3. The lowest BCUT2D eigenvalue weighted by atomic mass is 10.0. The third-order valence-electron chi connectivity index (χ3n) is 14.3. The van der Waals surface area contributed by atoms with Gasteiger partial charge in [0.2, 0.25) is 0 Å². The van der Waals surface area contributed by atoms with E-state index in [1.54, 1.807) is 0 Å². The van der Waals surface area contributed by atoms with Crippen LogP contribution in [-0.4, -0.2) is 37.2 Å². The van der Waals surface area contributed by atoms with Gasteiger partial charge in [-0.15, -0.1) is 0 Å². The highest BCUT2D eigenvalue weighted by molar-refractivity contribution is 5.71. The second-order valence-corrected chi connectivity index (χ2v) is 22.3. The third-order valence-corrected chi connectivity index (χ3v) is 14.3. The highest BCUT2D eigenvalue weighted by Crippen LogP contribution is 2.16. The second-order valence-electron chi connectivity index (χ2n) is 22.3. The zero-order valence-corrected chi connectivity index (χ0v) is 53.9. The number of rotatable bonds is 61. The Morgan fingerprint density at radius 3 is 0.795 bits per heavy atom. The van der Waals surface area contributed by atoms with E-state index >= 15 is 0 Å². The Balaban J connectivity index is 4.47. The first-order valence-corrected chi connectivity index (χ1v) is 34.3. The minimum absolute atomic E-state index is 0.110. The Morgan fingerprint density at radius 1 is 0.253 bits per heavy atom. The molecule has 0 bridgehead atoms. The summed E-state index contributed by atoms with van der Waals surface area (Å²) in [6, 6.07) is 0. The molecule has 470 valence electrons. The van der Waals surface area contributed by atoms with E-state index in [1.807, 2.05) is 0 Å². The van der Waals surface area contributed by atoms with Crippen molar-refractivity contribution in [1.82, 2.24) is 0 Å². The van der Waals surface area contributed by atoms with Crippen LogP contribution in [0.5, 0.6) is 0 Å². The SMILES string of the molecule is CC/C=C\C/C=C\C/C=C\C/C=C\C/C=C\C/C=C\CCCCCCC(=O)OC(COC(=O)CCC/C=C\C/C=C\C/C=C\C/C=C\C/C=C\CC)COC(=O)CCCCCCCCCCCCCCC/C=C\CCCCCCCCCC. The number of esters is 3. The van der Waals surface area contributed by atoms with Crippen molar-refractivity contribution in [3.05, 3.63) is 146 Å². The van der Waals surface area contributed by atoms with Crippen molar-refractivity contribution in [3.63, 3.8) is 0 Å². The van der Waals surface area contributed by atoms with E-state index in [1.165, 1.54) is 128 Å². The molecule has 0 aliphatic carbocycles. The molecule has 0 aromatic heterocycles. The van der Waals surface area contributed by atoms with E-state index in [9.17, 15) is 14.4 Å². The summed E-state index contributed by atoms with van der Waals surface area (Å²) in [5.74, 6) is -0.993. The minimum atomic E-state index is -0.823. The minimum Gasteiger partial charge on any atom is -0.462 e. The van der Waals surface area contributed by atoms with Crippen LogP contribution < -0.4 is 0 Å². The average Bonchev–Trinajstić information content (AvgIpc) is 3.49. The van der Waals surface area contributed by atoms with E-state index in [0.29, 0.717) is 12.8 Å². The van der Waals surface area contributed by atoms with Crippen molar-refractivity contribution in [2.24, 2.45) is 0 Å². The van der Waals surface area contributed by atoms with E-state index < -0.39 is 6.10 Å². The predicted octanol–water partition coefficient (Wildman–Crippen LogP) is 23.9. The molecule has 0 aliphatic rings. The van der Waals surface area contributed by atoms with Gasteiger partial charge in [0.05, 0.1) is 0 Å². The molecular formula is C77H126O6. The van der Waals surface area contributed by atoms with Gasteiger partial charge in [-0.1, -0.05) is 295 Å². The smallest absolute Gasteiger partial charge is 0.306 e. The van der Waals surface area contributed by atoms with Gasteiger partial charge in [-0.2, -0.15) is 0 Å². The molecule has 0 aromatic rings. The molecule has 0 radical (unpaired) electrons. The molecular weight excluding hydrogens is 1020 g/mol. The zero-order chi connectivity index (χ0) is 59.9. The molecule has 6 heteroatoms. The number of carbonyl (C=O) groups is 3. The van der Waals surface area contributed by atoms with Gasteiger partial charge in [0, 0.05) is 19.3 Å². The maximum Gasteiger partial charge on any atom is 0.306 e. The lowest BCUT2D eigenvalue weighted by molar-refractivity contribution is -0.167. The number of carbonyl (C=O) groups excluding carboxylic acids is 3. The van der Waals surface area contributed by atoms with Crippen molar-refractivity contribution in [1.29, 1.82) is 0 Å². The highest BCUT2D eigenvalue weighted by atomic mass is 16.6. The van der Waals surface area contributed by atoms with Crippen molar-refractivity contribution in [2.45, 2.75) is 309 Å². The molecule has 83 heavy (non-hydrogen) atoms. The predicted molar refractivity (Wildman–Crippen MR) is 362 cm³/mol. The number of hydrogen-bond acceptors (Lipinski definition) is 6. The van der Waals surface area contributed by atoms with Crippen molar-refractivity contribution in [3.8, 4) is 0 Å². The van der Waals surface area contributed by atoms with Crippen LogP contribution >= 0.6 is 0 Å². The number of unbranched alkanes of at least 4 members (excludes halogenated alkanes) is 26. The molecule has 0 rings (SSSR count). The summed E-state index contributed by atoms with van der Waals surface area (Å²) in [5.41, 5.74) is 0. The lowest BCUT2D eigenvalue weighted by Crippen LogP contribution is -2.30. The van der Waals surface area contributed by atoms with Crippen molar-refractivity contribution < 1.29 is 28.6 Å². The quantitative estimate of drug-likeness (QED) is 0.0261. The Bertz CT molecular complexity index is 1800. The summed E-state index contributed by atoms with van der Waals surface area (Å²) in [4.78, 5) is 38.4. The molecule has 0 saturated carbocycles. The number of allylic oxidation sites excluding steroid dienone is 24. The van der Waals surface area contributed by atoms with E-state index in [4.69, 9.17) is 14.2 Å². The van der Waals surface area contributed by atoms with Crippen molar-refractivity contribution >= 4 is 17.9 Å². The Kier molecular flexibility index (Phi) is 65.8. The van der Waals surface area contributed by atoms with Crippen molar-refractivity contribution in [2.75, 3.05) is 13.2 Å². The molecule has 0 amide bonds.